The maximum absolute atomic E-state index is 11.2. The predicted molar refractivity (Wildman–Crippen MR) is 63.3 cm³/mol. The van der Waals surface area contributed by atoms with Gasteiger partial charge in [0.25, 0.3) is 0 Å². The number of carboxylic acid groups (broad SMARTS) is 1. The van der Waals surface area contributed by atoms with E-state index in [0.29, 0.717) is 6.54 Å². The van der Waals surface area contributed by atoms with Crippen LogP contribution in [0, 0.1) is 5.92 Å². The van der Waals surface area contributed by atoms with Crippen molar-refractivity contribution >= 4 is 5.97 Å². The van der Waals surface area contributed by atoms with E-state index in [4.69, 9.17) is 5.73 Å². The van der Waals surface area contributed by atoms with Crippen LogP contribution in [0.25, 0.3) is 0 Å². The summed E-state index contributed by atoms with van der Waals surface area (Å²) < 4.78 is 0. The van der Waals surface area contributed by atoms with Crippen LogP contribution in [0.1, 0.15) is 12.8 Å². The predicted octanol–water partition coefficient (Wildman–Crippen LogP) is -0.328. The molecule has 0 aromatic rings. The standard InChI is InChI=1S/C11H23N3O2/c1-13(2)6-7-14(3)8-11(12,10(15)16)9-4-5-9/h9H,4-8,12H2,1-3H3,(H,15,16). The molecule has 1 fully saturated rings. The van der Waals surface area contributed by atoms with E-state index in [2.05, 4.69) is 4.90 Å². The lowest BCUT2D eigenvalue weighted by atomic mass is 9.94. The summed E-state index contributed by atoms with van der Waals surface area (Å²) in [5.74, 6) is -0.710. The van der Waals surface area contributed by atoms with E-state index >= 15 is 0 Å². The highest BCUT2D eigenvalue weighted by molar-refractivity contribution is 5.79. The highest BCUT2D eigenvalue weighted by Gasteiger charge is 2.48. The second-order valence-corrected chi connectivity index (χ2v) is 5.16. The van der Waals surface area contributed by atoms with Crippen LogP contribution >= 0.6 is 0 Å². The van der Waals surface area contributed by atoms with Crippen LogP contribution < -0.4 is 5.73 Å². The molecule has 16 heavy (non-hydrogen) atoms. The minimum absolute atomic E-state index is 0.159. The molecule has 3 N–H and O–H groups in total. The summed E-state index contributed by atoms with van der Waals surface area (Å²) in [5.41, 5.74) is 4.94. The Balaban J connectivity index is 2.45. The zero-order chi connectivity index (χ0) is 12.3. The monoisotopic (exact) mass is 229 g/mol. The Morgan fingerprint density at radius 3 is 2.31 bits per heavy atom. The molecule has 0 radical (unpaired) electrons. The minimum atomic E-state index is -1.05. The lowest BCUT2D eigenvalue weighted by Crippen LogP contribution is -2.57. The fourth-order valence-electron chi connectivity index (χ4n) is 1.87. The Morgan fingerprint density at radius 1 is 1.38 bits per heavy atom. The van der Waals surface area contributed by atoms with Crippen molar-refractivity contribution in [3.63, 3.8) is 0 Å². The molecule has 0 bridgehead atoms. The first-order valence-electron chi connectivity index (χ1n) is 5.72. The van der Waals surface area contributed by atoms with Gasteiger partial charge in [0, 0.05) is 19.6 Å². The molecule has 1 rings (SSSR count). The Hall–Kier alpha value is -0.650. The van der Waals surface area contributed by atoms with Gasteiger partial charge < -0.3 is 20.6 Å². The topological polar surface area (TPSA) is 69.8 Å². The van der Waals surface area contributed by atoms with Crippen molar-refractivity contribution in [2.75, 3.05) is 40.8 Å². The van der Waals surface area contributed by atoms with E-state index in [1.807, 2.05) is 26.0 Å². The molecule has 94 valence electrons. The smallest absolute Gasteiger partial charge is 0.325 e. The Kier molecular flexibility index (Phi) is 4.29. The third kappa shape index (κ3) is 3.43. The Labute approximate surface area is 97.2 Å². The molecular formula is C11H23N3O2. The summed E-state index contributed by atoms with van der Waals surface area (Å²) in [6, 6.07) is 0. The van der Waals surface area contributed by atoms with Crippen LogP contribution in [-0.2, 0) is 4.79 Å². The second-order valence-electron chi connectivity index (χ2n) is 5.16. The van der Waals surface area contributed by atoms with Gasteiger partial charge in [-0.3, -0.25) is 4.79 Å². The van der Waals surface area contributed by atoms with Gasteiger partial charge in [0.1, 0.15) is 5.54 Å². The van der Waals surface area contributed by atoms with Crippen molar-refractivity contribution in [2.45, 2.75) is 18.4 Å². The minimum Gasteiger partial charge on any atom is -0.480 e. The summed E-state index contributed by atoms with van der Waals surface area (Å²) in [6.45, 7) is 2.18. The molecule has 0 aromatic heterocycles. The van der Waals surface area contributed by atoms with Gasteiger partial charge >= 0.3 is 5.97 Å². The van der Waals surface area contributed by atoms with Crippen LogP contribution in [0.3, 0.4) is 0 Å². The third-order valence-corrected chi connectivity index (χ3v) is 3.16. The maximum Gasteiger partial charge on any atom is 0.325 e. The van der Waals surface area contributed by atoms with Crippen molar-refractivity contribution in [1.82, 2.24) is 9.80 Å². The van der Waals surface area contributed by atoms with Crippen molar-refractivity contribution in [3.05, 3.63) is 0 Å². The number of nitrogens with zero attached hydrogens (tertiary/aromatic N) is 2. The molecule has 0 aromatic carbocycles. The van der Waals surface area contributed by atoms with Crippen LogP contribution in [0.5, 0.6) is 0 Å². The van der Waals surface area contributed by atoms with E-state index < -0.39 is 11.5 Å². The average Bonchev–Trinajstić information content (AvgIpc) is 2.97. The van der Waals surface area contributed by atoms with Gasteiger partial charge in [-0.2, -0.15) is 0 Å². The third-order valence-electron chi connectivity index (χ3n) is 3.16. The van der Waals surface area contributed by atoms with E-state index in [9.17, 15) is 9.90 Å². The van der Waals surface area contributed by atoms with E-state index in [1.54, 1.807) is 0 Å². The molecule has 0 aliphatic heterocycles. The van der Waals surface area contributed by atoms with E-state index in [1.165, 1.54) is 0 Å². The highest BCUT2D eigenvalue weighted by Crippen LogP contribution is 2.38. The molecule has 0 amide bonds. The van der Waals surface area contributed by atoms with Crippen molar-refractivity contribution < 1.29 is 9.90 Å². The zero-order valence-electron chi connectivity index (χ0n) is 10.4. The molecule has 0 heterocycles. The summed E-state index contributed by atoms with van der Waals surface area (Å²) in [7, 11) is 5.93. The van der Waals surface area contributed by atoms with Crippen molar-refractivity contribution in [2.24, 2.45) is 11.7 Å². The molecule has 1 saturated carbocycles. The van der Waals surface area contributed by atoms with E-state index in [0.717, 1.165) is 25.9 Å². The number of hydrogen-bond donors (Lipinski definition) is 2. The normalized spacial score (nSPS) is 20.1. The average molecular weight is 229 g/mol. The Bertz CT molecular complexity index is 254. The molecule has 1 aliphatic rings. The number of likely N-dealkylation sites (N-methyl/N-ethyl adjacent to an activating group) is 2. The van der Waals surface area contributed by atoms with Crippen molar-refractivity contribution in [1.29, 1.82) is 0 Å². The number of rotatable bonds is 7. The molecule has 1 aliphatic carbocycles. The summed E-state index contributed by atoms with van der Waals surface area (Å²) in [5, 5.41) is 9.21. The van der Waals surface area contributed by atoms with Gasteiger partial charge in [0.2, 0.25) is 0 Å². The Morgan fingerprint density at radius 2 is 1.94 bits per heavy atom. The largest absolute Gasteiger partial charge is 0.480 e. The van der Waals surface area contributed by atoms with Crippen molar-refractivity contribution in [3.8, 4) is 0 Å². The lowest BCUT2D eigenvalue weighted by molar-refractivity contribution is -0.145. The van der Waals surface area contributed by atoms with Crippen LogP contribution in [0.15, 0.2) is 0 Å². The molecule has 1 unspecified atom stereocenters. The first-order valence-corrected chi connectivity index (χ1v) is 5.72. The summed E-state index contributed by atoms with van der Waals surface area (Å²) >= 11 is 0. The van der Waals surface area contributed by atoms with Gasteiger partial charge in [-0.25, -0.2) is 0 Å². The first kappa shape index (κ1) is 13.4. The highest BCUT2D eigenvalue weighted by atomic mass is 16.4. The zero-order valence-corrected chi connectivity index (χ0v) is 10.4. The van der Waals surface area contributed by atoms with Crippen LogP contribution in [-0.4, -0.2) is 67.2 Å². The molecule has 5 heteroatoms. The lowest BCUT2D eigenvalue weighted by Gasteiger charge is -2.30. The maximum atomic E-state index is 11.2. The van der Waals surface area contributed by atoms with Gasteiger partial charge in [-0.05, 0) is 39.9 Å². The number of carbonyl (C=O) groups is 1. The fraction of sp³-hybridized carbons (Fsp3) is 0.909. The van der Waals surface area contributed by atoms with E-state index in [-0.39, 0.29) is 5.92 Å². The molecule has 0 spiro atoms. The molecule has 5 nitrogen and oxygen atoms in total. The van der Waals surface area contributed by atoms with Crippen LogP contribution in [0.2, 0.25) is 0 Å². The quantitative estimate of drug-likeness (QED) is 0.626. The fourth-order valence-corrected chi connectivity index (χ4v) is 1.87. The van der Waals surface area contributed by atoms with Crippen LogP contribution in [0.4, 0.5) is 0 Å². The molecule has 0 saturated heterocycles. The summed E-state index contributed by atoms with van der Waals surface area (Å²) in [4.78, 5) is 15.3. The van der Waals surface area contributed by atoms with Gasteiger partial charge in [0.15, 0.2) is 0 Å². The number of hydrogen-bond acceptors (Lipinski definition) is 4. The number of aliphatic carboxylic acids is 1. The molecule has 1 atom stereocenters. The molecular weight excluding hydrogens is 206 g/mol. The first-order chi connectivity index (χ1) is 7.36. The number of carboxylic acids is 1. The van der Waals surface area contributed by atoms with Gasteiger partial charge in [-0.1, -0.05) is 0 Å². The number of nitrogens with two attached hydrogens (primary N) is 1. The van der Waals surface area contributed by atoms with Gasteiger partial charge in [0.05, 0.1) is 0 Å². The summed E-state index contributed by atoms with van der Waals surface area (Å²) in [6.07, 6.45) is 1.90. The second kappa shape index (κ2) is 5.12. The van der Waals surface area contributed by atoms with Gasteiger partial charge in [-0.15, -0.1) is 0 Å². The SMILES string of the molecule is CN(C)CCN(C)CC(N)(C(=O)O)C1CC1.